The number of rotatable bonds is 1. The second-order valence-electron chi connectivity index (χ2n) is 6.86. The average Bonchev–Trinajstić information content (AvgIpc) is 3.12. The molecule has 0 saturated carbocycles. The van der Waals surface area contributed by atoms with Crippen molar-refractivity contribution in [3.8, 4) is 0 Å². The Hall–Kier alpha value is -2.69. The molecule has 0 bridgehead atoms. The third-order valence-corrected chi connectivity index (χ3v) is 7.12. The molecule has 0 amide bonds. The van der Waals surface area contributed by atoms with Crippen molar-refractivity contribution in [1.82, 2.24) is 4.98 Å². The van der Waals surface area contributed by atoms with Crippen molar-refractivity contribution in [2.45, 2.75) is 9.79 Å². The van der Waals surface area contributed by atoms with Crippen molar-refractivity contribution in [3.63, 3.8) is 0 Å². The Balaban J connectivity index is 1.70. The Morgan fingerprint density at radius 1 is 0.679 bits per heavy atom. The molecule has 5 aromatic rings. The summed E-state index contributed by atoms with van der Waals surface area (Å²) in [6, 6.07) is 30.0. The van der Waals surface area contributed by atoms with E-state index in [2.05, 4.69) is 111 Å². The van der Waals surface area contributed by atoms with E-state index in [0.29, 0.717) is 0 Å². The van der Waals surface area contributed by atoms with Gasteiger partial charge >= 0.3 is 0 Å². The van der Waals surface area contributed by atoms with E-state index in [0.717, 1.165) is 10.2 Å². The molecule has 0 atom stereocenters. The van der Waals surface area contributed by atoms with Gasteiger partial charge in [-0.2, -0.15) is 0 Å². The van der Waals surface area contributed by atoms with Gasteiger partial charge in [0.05, 0.1) is 27.5 Å². The van der Waals surface area contributed by atoms with Crippen LogP contribution in [0.1, 0.15) is 0 Å². The highest BCUT2D eigenvalue weighted by Crippen LogP contribution is 2.54. The summed E-state index contributed by atoms with van der Waals surface area (Å²) < 4.78 is 1.08. The summed E-state index contributed by atoms with van der Waals surface area (Å²) in [4.78, 5) is 8.55. The minimum absolute atomic E-state index is 1.08. The van der Waals surface area contributed by atoms with Crippen LogP contribution in [-0.2, 0) is 0 Å². The minimum atomic E-state index is 1.08. The van der Waals surface area contributed by atoms with Crippen LogP contribution in [0.3, 0.4) is 0 Å². The topological polar surface area (TPSA) is 19.0 Å². The highest BCUT2D eigenvalue weighted by molar-refractivity contribution is 9.10. The van der Waals surface area contributed by atoms with E-state index < -0.39 is 0 Å². The van der Waals surface area contributed by atoms with Crippen LogP contribution in [0.5, 0.6) is 0 Å². The standard InChI is InChI=1S/C24H15BrN2S/c25-17-8-2-4-10-19(17)27-20-11-5-6-12-22(20)28-24-21(27)14-13-16-15-7-1-3-9-18(15)26-23(16)24/h1-14,26H. The fraction of sp³-hybridized carbons (Fsp3) is 0. The van der Waals surface area contributed by atoms with Crippen LogP contribution in [0.2, 0.25) is 0 Å². The number of nitrogens with zero attached hydrogens (tertiary/aromatic N) is 1. The van der Waals surface area contributed by atoms with Gasteiger partial charge in [-0.3, -0.25) is 0 Å². The number of halogens is 1. The molecule has 2 nitrogen and oxygen atoms in total. The molecule has 1 N–H and O–H groups in total. The molecule has 0 saturated heterocycles. The van der Waals surface area contributed by atoms with Gasteiger partial charge in [-0.1, -0.05) is 60.3 Å². The Labute approximate surface area is 175 Å². The van der Waals surface area contributed by atoms with Crippen molar-refractivity contribution in [1.29, 1.82) is 0 Å². The second-order valence-corrected chi connectivity index (χ2v) is 8.77. The van der Waals surface area contributed by atoms with E-state index in [1.54, 1.807) is 0 Å². The van der Waals surface area contributed by atoms with Crippen LogP contribution in [0.4, 0.5) is 17.1 Å². The van der Waals surface area contributed by atoms with E-state index in [1.165, 1.54) is 43.0 Å². The van der Waals surface area contributed by atoms with Gasteiger partial charge in [0.2, 0.25) is 0 Å². The van der Waals surface area contributed by atoms with Crippen molar-refractivity contribution in [3.05, 3.63) is 89.4 Å². The summed E-state index contributed by atoms with van der Waals surface area (Å²) in [6.45, 7) is 0. The predicted octanol–water partition coefficient (Wildman–Crippen LogP) is 8.02. The third kappa shape index (κ3) is 2.28. The summed E-state index contributed by atoms with van der Waals surface area (Å²) in [7, 11) is 0. The smallest absolute Gasteiger partial charge is 0.0628 e. The maximum absolute atomic E-state index is 3.76. The summed E-state index contributed by atoms with van der Waals surface area (Å²) in [5.74, 6) is 0. The molecule has 1 aromatic heterocycles. The number of benzene rings is 4. The predicted molar refractivity (Wildman–Crippen MR) is 122 cm³/mol. The maximum Gasteiger partial charge on any atom is 0.0628 e. The van der Waals surface area contributed by atoms with Gasteiger partial charge in [-0.25, -0.2) is 0 Å². The van der Waals surface area contributed by atoms with Crippen LogP contribution < -0.4 is 4.90 Å². The van der Waals surface area contributed by atoms with Gasteiger partial charge in [-0.15, -0.1) is 0 Å². The molecule has 0 unspecified atom stereocenters. The number of nitrogens with one attached hydrogen (secondary N) is 1. The van der Waals surface area contributed by atoms with Crippen LogP contribution >= 0.6 is 27.7 Å². The Bertz CT molecular complexity index is 1360. The highest BCUT2D eigenvalue weighted by Gasteiger charge is 2.28. The molecule has 1 aliphatic heterocycles. The van der Waals surface area contributed by atoms with Gasteiger partial charge in [0.1, 0.15) is 0 Å². The number of hydrogen-bond acceptors (Lipinski definition) is 2. The van der Waals surface area contributed by atoms with E-state index in [1.807, 2.05) is 11.8 Å². The first-order valence-electron chi connectivity index (χ1n) is 9.16. The fourth-order valence-electron chi connectivity index (χ4n) is 4.02. The van der Waals surface area contributed by atoms with E-state index >= 15 is 0 Å². The maximum atomic E-state index is 3.76. The van der Waals surface area contributed by atoms with Crippen molar-refractivity contribution in [2.24, 2.45) is 0 Å². The van der Waals surface area contributed by atoms with Gasteiger partial charge in [0.25, 0.3) is 0 Å². The highest BCUT2D eigenvalue weighted by atomic mass is 79.9. The van der Waals surface area contributed by atoms with E-state index in [-0.39, 0.29) is 0 Å². The first kappa shape index (κ1) is 16.3. The molecule has 0 spiro atoms. The molecule has 2 heterocycles. The Morgan fingerprint density at radius 3 is 2.32 bits per heavy atom. The largest absolute Gasteiger partial charge is 0.354 e. The number of aromatic nitrogens is 1. The normalized spacial score (nSPS) is 13.0. The average molecular weight is 443 g/mol. The lowest BCUT2D eigenvalue weighted by atomic mass is 10.1. The molecule has 0 aliphatic carbocycles. The van der Waals surface area contributed by atoms with Crippen molar-refractivity contribution in [2.75, 3.05) is 4.90 Å². The first-order chi connectivity index (χ1) is 13.8. The zero-order valence-electron chi connectivity index (χ0n) is 14.8. The summed E-state index contributed by atoms with van der Waals surface area (Å²) in [5, 5.41) is 2.54. The summed E-state index contributed by atoms with van der Waals surface area (Å²) in [6.07, 6.45) is 0. The molecule has 1 aliphatic rings. The number of H-pyrrole nitrogens is 1. The zero-order valence-corrected chi connectivity index (χ0v) is 17.2. The number of para-hydroxylation sites is 3. The van der Waals surface area contributed by atoms with Gasteiger partial charge in [0, 0.05) is 25.7 Å². The van der Waals surface area contributed by atoms with Gasteiger partial charge < -0.3 is 9.88 Å². The lowest BCUT2D eigenvalue weighted by molar-refractivity contribution is 1.17. The molecule has 6 rings (SSSR count). The monoisotopic (exact) mass is 442 g/mol. The van der Waals surface area contributed by atoms with Crippen molar-refractivity contribution >= 4 is 66.6 Å². The molecule has 28 heavy (non-hydrogen) atoms. The minimum Gasteiger partial charge on any atom is -0.354 e. The van der Waals surface area contributed by atoms with Crippen molar-refractivity contribution < 1.29 is 0 Å². The number of aromatic amines is 1. The second kappa shape index (κ2) is 6.16. The quantitative estimate of drug-likeness (QED) is 0.278. The summed E-state index contributed by atoms with van der Waals surface area (Å²) >= 11 is 5.60. The molecule has 0 fully saturated rings. The fourth-order valence-corrected chi connectivity index (χ4v) is 5.64. The van der Waals surface area contributed by atoms with Crippen LogP contribution in [-0.4, -0.2) is 4.98 Å². The third-order valence-electron chi connectivity index (χ3n) is 5.27. The molecule has 4 heteroatoms. The lowest BCUT2D eigenvalue weighted by Crippen LogP contribution is -2.15. The number of fused-ring (bicyclic) bond motifs is 6. The zero-order chi connectivity index (χ0) is 18.7. The number of anilines is 3. The molecule has 134 valence electrons. The summed E-state index contributed by atoms with van der Waals surface area (Å²) in [5.41, 5.74) is 5.94. The number of hydrogen-bond donors (Lipinski definition) is 1. The molecular weight excluding hydrogens is 428 g/mol. The Kier molecular flexibility index (Phi) is 3.58. The van der Waals surface area contributed by atoms with E-state index in [4.69, 9.17) is 0 Å². The van der Waals surface area contributed by atoms with Crippen LogP contribution in [0.15, 0.2) is 99.2 Å². The molecular formula is C24H15BrN2S. The van der Waals surface area contributed by atoms with Gasteiger partial charge in [-0.05, 0) is 52.3 Å². The first-order valence-corrected chi connectivity index (χ1v) is 10.8. The Morgan fingerprint density at radius 2 is 1.43 bits per heavy atom. The SMILES string of the molecule is Brc1ccccc1N1c2ccccc2Sc2c1ccc1c2[nH]c2ccccc21. The lowest BCUT2D eigenvalue weighted by Gasteiger charge is -2.33. The van der Waals surface area contributed by atoms with Crippen LogP contribution in [0.25, 0.3) is 21.8 Å². The van der Waals surface area contributed by atoms with E-state index in [9.17, 15) is 0 Å². The molecule has 4 aromatic carbocycles. The van der Waals surface area contributed by atoms with Crippen LogP contribution in [0, 0.1) is 0 Å². The molecule has 0 radical (unpaired) electrons. The van der Waals surface area contributed by atoms with Gasteiger partial charge in [0.15, 0.2) is 0 Å².